The maximum Gasteiger partial charge on any atom is 0.127 e. The summed E-state index contributed by atoms with van der Waals surface area (Å²) in [5.41, 5.74) is 2.10. The van der Waals surface area contributed by atoms with E-state index >= 15 is 0 Å². The summed E-state index contributed by atoms with van der Waals surface area (Å²) < 4.78 is 13.5. The Morgan fingerprint density at radius 3 is 2.88 bits per heavy atom. The van der Waals surface area contributed by atoms with E-state index in [4.69, 9.17) is 0 Å². The molecule has 1 unspecified atom stereocenters. The highest BCUT2D eigenvalue weighted by molar-refractivity contribution is 5.31. The van der Waals surface area contributed by atoms with Crippen LogP contribution in [0.5, 0.6) is 0 Å². The molecule has 0 bridgehead atoms. The van der Waals surface area contributed by atoms with E-state index in [9.17, 15) is 4.39 Å². The van der Waals surface area contributed by atoms with E-state index in [1.165, 1.54) is 6.07 Å². The first-order chi connectivity index (χ1) is 7.96. The van der Waals surface area contributed by atoms with E-state index in [0.717, 1.165) is 24.1 Å². The number of hydrogen-bond donors (Lipinski definition) is 2. The topological polar surface area (TPSA) is 24.1 Å². The molecule has 0 saturated heterocycles. The zero-order valence-electron chi connectivity index (χ0n) is 10.8. The van der Waals surface area contributed by atoms with Gasteiger partial charge in [0, 0.05) is 30.2 Å². The predicted molar refractivity (Wildman–Crippen MR) is 68.5 cm³/mol. The van der Waals surface area contributed by atoms with E-state index in [1.54, 1.807) is 6.07 Å². The lowest BCUT2D eigenvalue weighted by molar-refractivity contribution is 0.364. The molecule has 0 amide bonds. The van der Waals surface area contributed by atoms with Crippen molar-refractivity contribution in [3.63, 3.8) is 0 Å². The van der Waals surface area contributed by atoms with Crippen LogP contribution >= 0.6 is 0 Å². The third-order valence-corrected chi connectivity index (χ3v) is 3.13. The fourth-order valence-electron chi connectivity index (χ4n) is 2.15. The van der Waals surface area contributed by atoms with E-state index in [-0.39, 0.29) is 11.4 Å². The molecule has 1 aliphatic heterocycles. The van der Waals surface area contributed by atoms with Crippen molar-refractivity contribution < 1.29 is 4.39 Å². The van der Waals surface area contributed by atoms with E-state index in [1.807, 2.05) is 6.07 Å². The zero-order valence-corrected chi connectivity index (χ0v) is 10.8. The second-order valence-corrected chi connectivity index (χ2v) is 5.79. The van der Waals surface area contributed by atoms with Crippen molar-refractivity contribution in [2.75, 3.05) is 6.54 Å². The standard InChI is InChI=1S/C14H21FN2/c1-14(2,3)17-8-11-7-10-5-4-6-13(15)12(10)9-16-11/h4-6,11,16-17H,7-9H2,1-3H3. The van der Waals surface area contributed by atoms with Crippen LogP contribution in [-0.4, -0.2) is 18.1 Å². The number of halogens is 1. The van der Waals surface area contributed by atoms with Crippen LogP contribution < -0.4 is 10.6 Å². The van der Waals surface area contributed by atoms with Crippen LogP contribution in [0.2, 0.25) is 0 Å². The molecule has 0 fully saturated rings. The molecule has 1 atom stereocenters. The zero-order chi connectivity index (χ0) is 12.5. The molecule has 3 heteroatoms. The van der Waals surface area contributed by atoms with Crippen molar-refractivity contribution >= 4 is 0 Å². The highest BCUT2D eigenvalue weighted by Gasteiger charge is 2.21. The second-order valence-electron chi connectivity index (χ2n) is 5.79. The summed E-state index contributed by atoms with van der Waals surface area (Å²) in [6.45, 7) is 8.02. The molecule has 94 valence electrons. The van der Waals surface area contributed by atoms with E-state index < -0.39 is 0 Å². The summed E-state index contributed by atoms with van der Waals surface area (Å²) in [6.07, 6.45) is 0.899. The van der Waals surface area contributed by atoms with Crippen LogP contribution in [0.1, 0.15) is 31.9 Å². The molecular weight excluding hydrogens is 215 g/mol. The Bertz CT molecular complexity index is 396. The molecular formula is C14H21FN2. The SMILES string of the molecule is CC(C)(C)NCC1Cc2cccc(F)c2CN1. The van der Waals surface area contributed by atoms with Gasteiger partial charge in [-0.05, 0) is 38.8 Å². The minimum Gasteiger partial charge on any atom is -0.311 e. The smallest absolute Gasteiger partial charge is 0.127 e. The Morgan fingerprint density at radius 1 is 1.41 bits per heavy atom. The van der Waals surface area contributed by atoms with Gasteiger partial charge in [0.1, 0.15) is 5.82 Å². The highest BCUT2D eigenvalue weighted by atomic mass is 19.1. The average molecular weight is 236 g/mol. The summed E-state index contributed by atoms with van der Waals surface area (Å²) in [4.78, 5) is 0. The van der Waals surface area contributed by atoms with Crippen LogP contribution in [0, 0.1) is 5.82 Å². The third-order valence-electron chi connectivity index (χ3n) is 3.13. The molecule has 1 aliphatic rings. The number of nitrogens with one attached hydrogen (secondary N) is 2. The molecule has 1 aromatic rings. The molecule has 0 aliphatic carbocycles. The first kappa shape index (κ1) is 12.5. The molecule has 2 N–H and O–H groups in total. The van der Waals surface area contributed by atoms with Gasteiger partial charge in [0.2, 0.25) is 0 Å². The third kappa shape index (κ3) is 3.27. The van der Waals surface area contributed by atoms with Gasteiger partial charge < -0.3 is 10.6 Å². The normalized spacial score (nSPS) is 20.1. The Balaban J connectivity index is 1.99. The van der Waals surface area contributed by atoms with Gasteiger partial charge in [-0.1, -0.05) is 12.1 Å². The van der Waals surface area contributed by atoms with Gasteiger partial charge in [0.05, 0.1) is 0 Å². The van der Waals surface area contributed by atoms with Crippen molar-refractivity contribution in [2.45, 2.75) is 45.3 Å². The van der Waals surface area contributed by atoms with Gasteiger partial charge in [-0.3, -0.25) is 0 Å². The Labute approximate surface area is 103 Å². The van der Waals surface area contributed by atoms with Crippen LogP contribution in [0.4, 0.5) is 4.39 Å². The van der Waals surface area contributed by atoms with Gasteiger partial charge in [0.25, 0.3) is 0 Å². The first-order valence-corrected chi connectivity index (χ1v) is 6.20. The minimum atomic E-state index is -0.0859. The van der Waals surface area contributed by atoms with E-state index in [0.29, 0.717) is 12.6 Å². The first-order valence-electron chi connectivity index (χ1n) is 6.20. The molecule has 0 spiro atoms. The molecule has 2 nitrogen and oxygen atoms in total. The molecule has 1 aromatic carbocycles. The van der Waals surface area contributed by atoms with Crippen LogP contribution in [0.25, 0.3) is 0 Å². The van der Waals surface area contributed by atoms with Crippen molar-refractivity contribution in [1.29, 1.82) is 0 Å². The Morgan fingerprint density at radius 2 is 2.18 bits per heavy atom. The van der Waals surface area contributed by atoms with Gasteiger partial charge >= 0.3 is 0 Å². The van der Waals surface area contributed by atoms with Crippen molar-refractivity contribution in [2.24, 2.45) is 0 Å². The second kappa shape index (κ2) is 4.75. The molecule has 0 saturated carbocycles. The van der Waals surface area contributed by atoms with Crippen LogP contribution in [-0.2, 0) is 13.0 Å². The number of benzene rings is 1. The summed E-state index contributed by atoms with van der Waals surface area (Å²) in [5, 5.41) is 6.87. The Hall–Kier alpha value is -0.930. The maximum absolute atomic E-state index is 13.5. The molecule has 1 heterocycles. The van der Waals surface area contributed by atoms with Crippen LogP contribution in [0.3, 0.4) is 0 Å². The quantitative estimate of drug-likeness (QED) is 0.823. The summed E-state index contributed by atoms with van der Waals surface area (Å²) in [7, 11) is 0. The summed E-state index contributed by atoms with van der Waals surface area (Å²) in [6, 6.07) is 5.76. The lowest BCUT2D eigenvalue weighted by Crippen LogP contribution is -2.48. The van der Waals surface area contributed by atoms with Gasteiger partial charge in [-0.25, -0.2) is 4.39 Å². The fraction of sp³-hybridized carbons (Fsp3) is 0.571. The van der Waals surface area contributed by atoms with Crippen molar-refractivity contribution in [3.05, 3.63) is 35.1 Å². The van der Waals surface area contributed by atoms with Gasteiger partial charge in [-0.15, -0.1) is 0 Å². The molecule has 2 rings (SSSR count). The van der Waals surface area contributed by atoms with Crippen molar-refractivity contribution in [1.82, 2.24) is 10.6 Å². The fourth-order valence-corrected chi connectivity index (χ4v) is 2.15. The van der Waals surface area contributed by atoms with Crippen molar-refractivity contribution in [3.8, 4) is 0 Å². The highest BCUT2D eigenvalue weighted by Crippen LogP contribution is 2.19. The molecule has 0 radical (unpaired) electrons. The summed E-state index contributed by atoms with van der Waals surface area (Å²) in [5.74, 6) is -0.0859. The molecule has 17 heavy (non-hydrogen) atoms. The maximum atomic E-state index is 13.5. The molecule has 0 aromatic heterocycles. The lowest BCUT2D eigenvalue weighted by atomic mass is 9.95. The Kier molecular flexibility index (Phi) is 3.50. The predicted octanol–water partition coefficient (Wildman–Crippen LogP) is 2.23. The van der Waals surface area contributed by atoms with Crippen LogP contribution in [0.15, 0.2) is 18.2 Å². The van der Waals surface area contributed by atoms with E-state index in [2.05, 4.69) is 31.4 Å². The van der Waals surface area contributed by atoms with Gasteiger partial charge in [0.15, 0.2) is 0 Å². The average Bonchev–Trinajstić information content (AvgIpc) is 2.26. The largest absolute Gasteiger partial charge is 0.311 e. The lowest BCUT2D eigenvalue weighted by Gasteiger charge is -2.30. The monoisotopic (exact) mass is 236 g/mol. The number of rotatable bonds is 2. The van der Waals surface area contributed by atoms with Gasteiger partial charge in [-0.2, -0.15) is 0 Å². The minimum absolute atomic E-state index is 0.0859. The number of fused-ring (bicyclic) bond motifs is 1. The summed E-state index contributed by atoms with van der Waals surface area (Å²) >= 11 is 0. The number of hydrogen-bond acceptors (Lipinski definition) is 2.